The molecule has 1 amide bonds. The number of hydrogen-bond donors (Lipinski definition) is 2. The molecule has 0 spiro atoms. The van der Waals surface area contributed by atoms with Crippen molar-refractivity contribution in [1.82, 2.24) is 30.7 Å². The zero-order valence-corrected chi connectivity index (χ0v) is 17.7. The van der Waals surface area contributed by atoms with Gasteiger partial charge in [0.05, 0.1) is 16.2 Å². The highest BCUT2D eigenvalue weighted by Gasteiger charge is 2.25. The average Bonchev–Trinajstić information content (AvgIpc) is 3.41. The SMILES string of the molecule is Nc1nonc1-n1nnc(C(=O)N/N=C/c2ccc(Cl)cc2Cl)c1-c1ccc([N+](=O)[O-])cc1. The number of hydrogen-bond acceptors (Lipinski definition) is 10. The number of carbonyl (C=O) groups excluding carboxylic acids is 1. The van der Waals surface area contributed by atoms with E-state index in [2.05, 4.69) is 35.8 Å². The highest BCUT2D eigenvalue weighted by atomic mass is 35.5. The molecule has 15 heteroatoms. The summed E-state index contributed by atoms with van der Waals surface area (Å²) in [5.74, 6) is -0.859. The van der Waals surface area contributed by atoms with E-state index in [0.717, 1.165) is 4.68 Å². The van der Waals surface area contributed by atoms with Gasteiger partial charge in [0.15, 0.2) is 5.69 Å². The Morgan fingerprint density at radius 3 is 2.61 bits per heavy atom. The van der Waals surface area contributed by atoms with Gasteiger partial charge < -0.3 is 5.73 Å². The highest BCUT2D eigenvalue weighted by molar-refractivity contribution is 6.36. The summed E-state index contributed by atoms with van der Waals surface area (Å²) in [5.41, 5.74) is 8.78. The average molecular weight is 488 g/mol. The van der Waals surface area contributed by atoms with Crippen molar-refractivity contribution < 1.29 is 14.3 Å². The van der Waals surface area contributed by atoms with Gasteiger partial charge in [-0.2, -0.15) is 9.78 Å². The third-order valence-electron chi connectivity index (χ3n) is 4.27. The molecule has 4 rings (SSSR count). The number of nitrogen functional groups attached to an aromatic ring is 1. The third kappa shape index (κ3) is 4.49. The van der Waals surface area contributed by atoms with E-state index >= 15 is 0 Å². The number of nitrogens with one attached hydrogen (secondary N) is 1. The van der Waals surface area contributed by atoms with Gasteiger partial charge in [-0.25, -0.2) is 10.1 Å². The summed E-state index contributed by atoms with van der Waals surface area (Å²) in [4.78, 5) is 23.2. The molecule has 166 valence electrons. The van der Waals surface area contributed by atoms with Crippen molar-refractivity contribution in [3.05, 3.63) is 73.9 Å². The number of rotatable bonds is 6. The summed E-state index contributed by atoms with van der Waals surface area (Å²) in [6, 6.07) is 10.1. The molecule has 0 unspecified atom stereocenters. The maximum atomic E-state index is 12.8. The summed E-state index contributed by atoms with van der Waals surface area (Å²) < 4.78 is 5.72. The second-order valence-electron chi connectivity index (χ2n) is 6.34. The van der Waals surface area contributed by atoms with Crippen LogP contribution in [0.2, 0.25) is 10.0 Å². The van der Waals surface area contributed by atoms with Crippen LogP contribution in [-0.2, 0) is 0 Å². The molecule has 0 radical (unpaired) electrons. The van der Waals surface area contributed by atoms with Gasteiger partial charge in [0.1, 0.15) is 5.69 Å². The van der Waals surface area contributed by atoms with Crippen LogP contribution in [-0.4, -0.2) is 42.4 Å². The number of aromatic nitrogens is 5. The Kier molecular flexibility index (Phi) is 5.97. The smallest absolute Gasteiger partial charge is 0.294 e. The second kappa shape index (κ2) is 9.02. The molecule has 3 N–H and O–H groups in total. The first kappa shape index (κ1) is 21.9. The summed E-state index contributed by atoms with van der Waals surface area (Å²) in [6.07, 6.45) is 1.33. The molecule has 0 aliphatic heterocycles. The minimum atomic E-state index is -0.731. The third-order valence-corrected chi connectivity index (χ3v) is 4.83. The zero-order chi connectivity index (χ0) is 23.5. The van der Waals surface area contributed by atoms with E-state index in [1.54, 1.807) is 12.1 Å². The Morgan fingerprint density at radius 1 is 1.21 bits per heavy atom. The van der Waals surface area contributed by atoms with Crippen molar-refractivity contribution in [3.8, 4) is 17.1 Å². The van der Waals surface area contributed by atoms with Gasteiger partial charge in [-0.3, -0.25) is 14.9 Å². The number of hydrazone groups is 1. The van der Waals surface area contributed by atoms with Gasteiger partial charge in [-0.1, -0.05) is 34.5 Å². The van der Waals surface area contributed by atoms with E-state index in [-0.39, 0.29) is 28.7 Å². The molecule has 0 aliphatic carbocycles. The first-order valence-electron chi connectivity index (χ1n) is 8.92. The van der Waals surface area contributed by atoms with Crippen LogP contribution < -0.4 is 11.2 Å². The lowest BCUT2D eigenvalue weighted by atomic mass is 10.1. The highest BCUT2D eigenvalue weighted by Crippen LogP contribution is 2.28. The second-order valence-corrected chi connectivity index (χ2v) is 7.18. The lowest BCUT2D eigenvalue weighted by Crippen LogP contribution is -2.19. The predicted molar refractivity (Wildman–Crippen MR) is 117 cm³/mol. The standard InChI is InChI=1S/C18H11Cl2N9O4/c19-11-4-1-10(13(20)7-11)8-22-24-18(30)14-15(9-2-5-12(6-3-9)29(31)32)28(27-23-14)17-16(21)25-33-26-17/h1-8H,(H2,21,25)(H,24,30)/b22-8+. The quantitative estimate of drug-likeness (QED) is 0.234. The fourth-order valence-electron chi connectivity index (χ4n) is 2.74. The van der Waals surface area contributed by atoms with Gasteiger partial charge in [-0.15, -0.1) is 5.10 Å². The lowest BCUT2D eigenvalue weighted by Gasteiger charge is -2.05. The van der Waals surface area contributed by atoms with Crippen molar-refractivity contribution in [2.75, 3.05) is 5.73 Å². The van der Waals surface area contributed by atoms with Gasteiger partial charge >= 0.3 is 0 Å². The number of nitro benzene ring substituents is 1. The van der Waals surface area contributed by atoms with Gasteiger partial charge in [0.2, 0.25) is 11.6 Å². The molecule has 0 aliphatic rings. The first-order valence-corrected chi connectivity index (χ1v) is 9.68. The van der Waals surface area contributed by atoms with E-state index in [1.165, 1.54) is 36.5 Å². The van der Waals surface area contributed by atoms with Crippen LogP contribution in [0.3, 0.4) is 0 Å². The molecule has 2 heterocycles. The van der Waals surface area contributed by atoms with E-state index in [0.29, 0.717) is 21.2 Å². The van der Waals surface area contributed by atoms with Crippen LogP contribution in [0.25, 0.3) is 17.1 Å². The number of nitrogens with zero attached hydrogens (tertiary/aromatic N) is 7. The molecule has 4 aromatic rings. The Balaban J connectivity index is 1.69. The normalized spacial score (nSPS) is 11.1. The molecule has 0 atom stereocenters. The topological polar surface area (TPSA) is 180 Å². The first-order chi connectivity index (χ1) is 15.8. The molecule has 13 nitrogen and oxygen atoms in total. The van der Waals surface area contributed by atoms with Crippen LogP contribution in [0.5, 0.6) is 0 Å². The van der Waals surface area contributed by atoms with Crippen molar-refractivity contribution in [2.45, 2.75) is 0 Å². The molecule has 2 aromatic heterocycles. The van der Waals surface area contributed by atoms with E-state index in [9.17, 15) is 14.9 Å². The Bertz CT molecular complexity index is 1380. The Hall–Kier alpha value is -4.36. The van der Waals surface area contributed by atoms with E-state index in [1.807, 2.05) is 0 Å². The van der Waals surface area contributed by atoms with Crippen molar-refractivity contribution in [2.24, 2.45) is 5.10 Å². The zero-order valence-electron chi connectivity index (χ0n) is 16.2. The number of halogens is 2. The molecule has 2 aromatic carbocycles. The van der Waals surface area contributed by atoms with Crippen LogP contribution in [0.15, 0.2) is 52.2 Å². The number of carbonyl (C=O) groups is 1. The van der Waals surface area contributed by atoms with Gasteiger partial charge in [0, 0.05) is 28.3 Å². The van der Waals surface area contributed by atoms with Gasteiger partial charge in [0.25, 0.3) is 11.6 Å². The number of benzene rings is 2. The monoisotopic (exact) mass is 487 g/mol. The van der Waals surface area contributed by atoms with Gasteiger partial charge in [-0.05, 0) is 34.6 Å². The number of anilines is 1. The molecule has 0 fully saturated rings. The molecule has 0 saturated carbocycles. The summed E-state index contributed by atoms with van der Waals surface area (Å²) in [7, 11) is 0. The molecular formula is C18H11Cl2N9O4. The van der Waals surface area contributed by atoms with Crippen LogP contribution in [0.4, 0.5) is 11.5 Å². The summed E-state index contributed by atoms with van der Waals surface area (Å²) in [6.45, 7) is 0. The number of nitro groups is 1. The van der Waals surface area contributed by atoms with Crippen molar-refractivity contribution >= 4 is 46.8 Å². The number of nitrogens with two attached hydrogens (primary N) is 1. The molecule has 0 saturated heterocycles. The van der Waals surface area contributed by atoms with E-state index < -0.39 is 10.8 Å². The maximum absolute atomic E-state index is 12.8. The molecule has 33 heavy (non-hydrogen) atoms. The Labute approximate surface area is 193 Å². The summed E-state index contributed by atoms with van der Waals surface area (Å²) >= 11 is 11.9. The van der Waals surface area contributed by atoms with Crippen molar-refractivity contribution in [3.63, 3.8) is 0 Å². The molecule has 0 bridgehead atoms. The van der Waals surface area contributed by atoms with Crippen molar-refractivity contribution in [1.29, 1.82) is 0 Å². The predicted octanol–water partition coefficient (Wildman–Crippen LogP) is 2.88. The largest absolute Gasteiger partial charge is 0.378 e. The number of non-ortho nitro benzene ring substituents is 1. The maximum Gasteiger partial charge on any atom is 0.294 e. The lowest BCUT2D eigenvalue weighted by molar-refractivity contribution is -0.384. The number of amides is 1. The fraction of sp³-hybridized carbons (Fsp3) is 0. The fourth-order valence-corrected chi connectivity index (χ4v) is 3.20. The van der Waals surface area contributed by atoms with Crippen LogP contribution in [0.1, 0.15) is 16.1 Å². The van der Waals surface area contributed by atoms with Crippen LogP contribution >= 0.6 is 23.2 Å². The Morgan fingerprint density at radius 2 is 1.97 bits per heavy atom. The van der Waals surface area contributed by atoms with E-state index in [4.69, 9.17) is 28.9 Å². The van der Waals surface area contributed by atoms with Crippen LogP contribution in [0, 0.1) is 10.1 Å². The molecular weight excluding hydrogens is 477 g/mol. The minimum absolute atomic E-state index is 0.0219. The minimum Gasteiger partial charge on any atom is -0.378 e. The summed E-state index contributed by atoms with van der Waals surface area (Å²) in [5, 5.41) is 30.6.